The van der Waals surface area contributed by atoms with Crippen molar-refractivity contribution in [3.8, 4) is 33.8 Å². The first-order valence-corrected chi connectivity index (χ1v) is 28.6. The summed E-state index contributed by atoms with van der Waals surface area (Å²) in [6, 6.07) is 28.6. The number of hydrogen-bond donors (Lipinski definition) is 3. The Bertz CT molecular complexity index is 3530. The maximum Gasteiger partial charge on any atom is 0.256 e. The van der Waals surface area contributed by atoms with Gasteiger partial charge in [-0.2, -0.15) is 0 Å². The monoisotopic (exact) mass is 1150 g/mol. The molecule has 1 saturated heterocycles. The number of aliphatic hydroxyl groups excluding tert-OH is 1. The molecule has 0 saturated carbocycles. The van der Waals surface area contributed by atoms with Gasteiger partial charge in [-0.1, -0.05) is 98.5 Å². The molecule has 0 aliphatic carbocycles. The number of benzene rings is 5. The number of carbonyl (C=O) groups excluding carboxylic acids is 5. The van der Waals surface area contributed by atoms with E-state index in [1.807, 2.05) is 81.4 Å². The number of likely N-dealkylation sites (tertiary alicyclic amines) is 1. The molecule has 422 valence electrons. The molecule has 3 aliphatic heterocycles. The molecule has 5 aromatic carbocycles. The number of nitrogens with one attached hydrogen (secondary N) is 2. The molecular weight excluding hydrogens is 1090 g/mol. The first kappa shape index (κ1) is 56.9. The highest BCUT2D eigenvalue weighted by Gasteiger charge is 2.46. The molecule has 10 rings (SSSR count). The smallest absolute Gasteiger partial charge is 0.256 e. The van der Waals surface area contributed by atoms with E-state index in [1.54, 1.807) is 52.3 Å². The summed E-state index contributed by atoms with van der Waals surface area (Å²) in [6.45, 7) is 7.02. The fraction of sp³-hybridized carbons (Fsp3) is 0.306. The van der Waals surface area contributed by atoms with Crippen LogP contribution in [0.4, 0.5) is 9.52 Å². The number of aromatic nitrogens is 2. The van der Waals surface area contributed by atoms with Crippen LogP contribution >= 0.6 is 22.7 Å². The van der Waals surface area contributed by atoms with Gasteiger partial charge in [-0.25, -0.2) is 14.4 Å². The number of β-amino-alcohol motifs (C(OH)–C–C–N with tert-alkyl or cyclic N) is 1. The number of thiazole rings is 2. The van der Waals surface area contributed by atoms with E-state index in [9.17, 15) is 29.1 Å². The first-order valence-electron chi connectivity index (χ1n) is 26.9. The third-order valence-corrected chi connectivity index (χ3v) is 16.1. The topological polar surface area (TPSA) is 202 Å². The van der Waals surface area contributed by atoms with Crippen LogP contribution in [0.1, 0.15) is 86.1 Å². The van der Waals surface area contributed by atoms with Gasteiger partial charge in [0.25, 0.3) is 17.7 Å². The molecule has 1 fully saturated rings. The fourth-order valence-electron chi connectivity index (χ4n) is 10.5. The summed E-state index contributed by atoms with van der Waals surface area (Å²) in [7, 11) is 0. The second-order valence-corrected chi connectivity index (χ2v) is 22.0. The minimum atomic E-state index is -1.30. The molecular formula is C62H60FN7O10S2. The van der Waals surface area contributed by atoms with Gasteiger partial charge in [-0.05, 0) is 71.5 Å². The second kappa shape index (κ2) is 26.1. The van der Waals surface area contributed by atoms with Crippen LogP contribution in [0.3, 0.4) is 0 Å². The molecule has 5 amide bonds. The van der Waals surface area contributed by atoms with E-state index >= 15 is 4.39 Å². The average Bonchev–Trinajstić information content (AvgIpc) is 4.38. The Morgan fingerprint density at radius 3 is 2.39 bits per heavy atom. The van der Waals surface area contributed by atoms with Crippen LogP contribution < -0.4 is 20.1 Å². The van der Waals surface area contributed by atoms with E-state index in [0.29, 0.717) is 38.7 Å². The molecule has 3 N–H and O–H groups in total. The highest BCUT2D eigenvalue weighted by Crippen LogP contribution is 2.39. The number of hydrogen-bond acceptors (Lipinski definition) is 14. The lowest BCUT2D eigenvalue weighted by atomic mass is 10.0. The maximum atomic E-state index is 15.1. The summed E-state index contributed by atoms with van der Waals surface area (Å²) < 4.78 is 39.2. The van der Waals surface area contributed by atoms with E-state index < -0.39 is 47.8 Å². The van der Waals surface area contributed by atoms with E-state index in [4.69, 9.17) is 18.9 Å². The average molecular weight is 1150 g/mol. The van der Waals surface area contributed by atoms with Crippen LogP contribution in [-0.2, 0) is 50.1 Å². The maximum absolute atomic E-state index is 15.1. The Labute approximate surface area is 482 Å². The number of carbonyl (C=O) groups is 5. The highest BCUT2D eigenvalue weighted by atomic mass is 32.1. The normalized spacial score (nSPS) is 16.1. The quantitative estimate of drug-likeness (QED) is 0.0433. The van der Waals surface area contributed by atoms with Crippen molar-refractivity contribution < 1.29 is 52.4 Å². The Balaban J connectivity index is 0.734. The molecule has 17 nitrogen and oxygen atoms in total. The van der Waals surface area contributed by atoms with Crippen LogP contribution in [0.15, 0.2) is 126 Å². The minimum Gasteiger partial charge on any atom is -0.491 e. The lowest BCUT2D eigenvalue weighted by molar-refractivity contribution is -0.143. The molecule has 4 atom stereocenters. The van der Waals surface area contributed by atoms with Crippen molar-refractivity contribution in [1.82, 2.24) is 30.0 Å². The van der Waals surface area contributed by atoms with Gasteiger partial charge < -0.3 is 44.1 Å². The van der Waals surface area contributed by atoms with Gasteiger partial charge in [-0.15, -0.1) is 22.7 Å². The minimum absolute atomic E-state index is 0.0293. The molecule has 0 bridgehead atoms. The molecule has 2 aromatic heterocycles. The van der Waals surface area contributed by atoms with Crippen LogP contribution in [0, 0.1) is 30.5 Å². The van der Waals surface area contributed by atoms with Crippen LogP contribution in [0.2, 0.25) is 0 Å². The number of nitrogens with zero attached hydrogens (tertiary/aromatic N) is 5. The van der Waals surface area contributed by atoms with Gasteiger partial charge in [-0.3, -0.25) is 29.3 Å². The van der Waals surface area contributed by atoms with Crippen LogP contribution in [0.25, 0.3) is 10.4 Å². The lowest BCUT2D eigenvalue weighted by Crippen LogP contribution is -2.55. The number of aryl methyl sites for hydroxylation is 1. The number of fused-ring (bicyclic) bond motifs is 2. The van der Waals surface area contributed by atoms with Crippen molar-refractivity contribution in [2.75, 3.05) is 44.9 Å². The molecule has 82 heavy (non-hydrogen) atoms. The summed E-state index contributed by atoms with van der Waals surface area (Å²) in [5.41, 5.74) is 8.07. The summed E-state index contributed by atoms with van der Waals surface area (Å²) in [5.74, 6) is 3.87. The molecule has 2 unspecified atom stereocenters. The Hall–Kier alpha value is -8.32. The lowest BCUT2D eigenvalue weighted by Gasteiger charge is -2.35. The van der Waals surface area contributed by atoms with Gasteiger partial charge in [0.1, 0.15) is 55.3 Å². The summed E-state index contributed by atoms with van der Waals surface area (Å²) in [4.78, 5) is 84.4. The van der Waals surface area contributed by atoms with Gasteiger partial charge in [0, 0.05) is 66.4 Å². The van der Waals surface area contributed by atoms with Gasteiger partial charge in [0.15, 0.2) is 5.13 Å². The third-order valence-electron chi connectivity index (χ3n) is 14.4. The Morgan fingerprint density at radius 1 is 0.829 bits per heavy atom. The number of anilines is 1. The van der Waals surface area contributed by atoms with Crippen LogP contribution in [0.5, 0.6) is 11.5 Å². The first-order chi connectivity index (χ1) is 39.8. The van der Waals surface area contributed by atoms with Crippen molar-refractivity contribution in [3.63, 3.8) is 0 Å². The Kier molecular flexibility index (Phi) is 18.1. The molecule has 7 aromatic rings. The van der Waals surface area contributed by atoms with Crippen molar-refractivity contribution in [1.29, 1.82) is 0 Å². The van der Waals surface area contributed by atoms with Gasteiger partial charge in [0.2, 0.25) is 11.8 Å². The van der Waals surface area contributed by atoms with Crippen molar-refractivity contribution in [2.45, 2.75) is 77.7 Å². The molecule has 0 radical (unpaired) electrons. The predicted octanol–water partition coefficient (Wildman–Crippen LogP) is 8.35. The SMILES string of the molecule is Cc1ncsc1-c1ccc(CNC(=O)[C@@H]2C[C@@H](O)CN2C(=O)C(C(C)C)N2Cc3ccccc3C2=O)c(OCCOCCOCC#Cc2cccc3c2C(=O)N(C(C(=O)Nc2nccs2)c2cc(F)ccc2OCc2ccccc2)C3)c1. The largest absolute Gasteiger partial charge is 0.491 e. The number of aliphatic hydroxyl groups is 1. The van der Waals surface area contributed by atoms with E-state index in [-0.39, 0.29) is 101 Å². The van der Waals surface area contributed by atoms with E-state index in [2.05, 4.69) is 32.4 Å². The molecule has 3 aliphatic rings. The van der Waals surface area contributed by atoms with Gasteiger partial charge >= 0.3 is 0 Å². The van der Waals surface area contributed by atoms with Crippen molar-refractivity contribution in [2.24, 2.45) is 5.92 Å². The van der Waals surface area contributed by atoms with Crippen LogP contribution in [-0.4, -0.2) is 117 Å². The Morgan fingerprint density at radius 2 is 1.61 bits per heavy atom. The van der Waals surface area contributed by atoms with Crippen molar-refractivity contribution in [3.05, 3.63) is 182 Å². The molecule has 20 heteroatoms. The number of rotatable bonds is 22. The van der Waals surface area contributed by atoms with Gasteiger partial charge in [0.05, 0.1) is 47.6 Å². The summed E-state index contributed by atoms with van der Waals surface area (Å²) in [5, 5.41) is 18.6. The fourth-order valence-corrected chi connectivity index (χ4v) is 11.8. The summed E-state index contributed by atoms with van der Waals surface area (Å²) >= 11 is 2.71. The number of halogens is 1. The standard InChI is InChI=1S/C62H60FN7O10S2/c1-38(2)54(69-33-44-13-7-8-17-48(44)59(69)74)61(76)68-35-47(71)31-50(68)57(72)65-32-43-19-18-42(56-39(3)66-37-82-56)29-52(43)79-27-26-78-25-24-77-23-10-16-41-14-9-15-45-34-70(60(75)53(41)45)55(58(73)67-62-64-22-28-81-62)49-30-46(63)20-21-51(49)80-36-40-11-5-4-6-12-40/h4-9,11-15,17-22,28-30,37-38,47,50,54-55,71H,23-27,31-36H2,1-3H3,(H,65,72)(H,64,67,73)/t47-,50+,54?,55?/m1/s1. The summed E-state index contributed by atoms with van der Waals surface area (Å²) in [6.07, 6.45) is 0.688. The zero-order chi connectivity index (χ0) is 57.3. The second-order valence-electron chi connectivity index (χ2n) is 20.3. The molecule has 0 spiro atoms. The zero-order valence-corrected chi connectivity index (χ0v) is 47.0. The molecule has 5 heterocycles. The number of ether oxygens (including phenoxy) is 4. The van der Waals surface area contributed by atoms with E-state index in [1.165, 1.54) is 50.7 Å². The van der Waals surface area contributed by atoms with Crippen molar-refractivity contribution >= 4 is 57.3 Å². The highest BCUT2D eigenvalue weighted by molar-refractivity contribution is 7.14. The predicted molar refractivity (Wildman–Crippen MR) is 306 cm³/mol. The zero-order valence-electron chi connectivity index (χ0n) is 45.3. The third kappa shape index (κ3) is 12.9. The number of amides is 5. The van der Waals surface area contributed by atoms with E-state index in [0.717, 1.165) is 27.3 Å².